The van der Waals surface area contributed by atoms with Gasteiger partial charge >= 0.3 is 11.9 Å². The number of carboxylic acids is 1. The Labute approximate surface area is 253 Å². The summed E-state index contributed by atoms with van der Waals surface area (Å²) < 4.78 is 5.87. The van der Waals surface area contributed by atoms with Crippen molar-refractivity contribution >= 4 is 11.9 Å². The summed E-state index contributed by atoms with van der Waals surface area (Å²) in [6.07, 6.45) is 42.9. The number of rotatable bonds is 30. The van der Waals surface area contributed by atoms with Crippen LogP contribution < -0.4 is 0 Å². The smallest absolute Gasteiger partial charge is 0.306 e. The number of hydrogen-bond acceptors (Lipinski definition) is 3. The lowest BCUT2D eigenvalue weighted by molar-refractivity contribution is -0.150. The van der Waals surface area contributed by atoms with Crippen LogP contribution in [-0.4, -0.2) is 23.1 Å². The number of esters is 1. The van der Waals surface area contributed by atoms with Gasteiger partial charge in [-0.25, -0.2) is 0 Å². The Morgan fingerprint density at radius 2 is 0.951 bits per heavy atom. The van der Waals surface area contributed by atoms with Gasteiger partial charge in [-0.1, -0.05) is 120 Å². The van der Waals surface area contributed by atoms with Gasteiger partial charge in [0.25, 0.3) is 0 Å². The van der Waals surface area contributed by atoms with E-state index < -0.39 is 5.97 Å². The van der Waals surface area contributed by atoms with Gasteiger partial charge in [0, 0.05) is 12.8 Å². The molecule has 0 rings (SSSR count). The number of ether oxygens (including phenoxy) is 1. The number of aliphatic carboxylic acids is 1. The Morgan fingerprint density at radius 3 is 1.51 bits per heavy atom. The standard InChI is InChI=1S/C37H64O4/c1-3-5-7-8-9-10-11-12-13-14-15-16-17-18-19-20-21-26-30-34-37(40)41-35(31-27-6-4-2)32-28-24-22-23-25-29-33-36(38)39/h9-10,12-13,15-16,18-19,35H,3-8,11,14,17,20-34H2,1-2H3,(H,38,39)/b10-9-,13-12-,16-15-,19-18-. The van der Waals surface area contributed by atoms with E-state index in [4.69, 9.17) is 9.84 Å². The molecule has 0 heterocycles. The highest BCUT2D eigenvalue weighted by Crippen LogP contribution is 2.17. The highest BCUT2D eigenvalue weighted by Gasteiger charge is 2.14. The third-order valence-electron chi connectivity index (χ3n) is 7.30. The molecule has 0 aromatic heterocycles. The molecule has 0 saturated carbocycles. The molecule has 0 aliphatic carbocycles. The minimum Gasteiger partial charge on any atom is -0.481 e. The second-order valence-electron chi connectivity index (χ2n) is 11.3. The van der Waals surface area contributed by atoms with Crippen LogP contribution in [0.3, 0.4) is 0 Å². The second-order valence-corrected chi connectivity index (χ2v) is 11.3. The van der Waals surface area contributed by atoms with E-state index in [-0.39, 0.29) is 18.5 Å². The minimum absolute atomic E-state index is 0.0297. The number of hydrogen-bond donors (Lipinski definition) is 1. The summed E-state index contributed by atoms with van der Waals surface area (Å²) in [6, 6.07) is 0. The molecule has 0 bridgehead atoms. The van der Waals surface area contributed by atoms with Crippen molar-refractivity contribution in [1.82, 2.24) is 0 Å². The lowest BCUT2D eigenvalue weighted by Crippen LogP contribution is -2.18. The Kier molecular flexibility index (Phi) is 30.8. The lowest BCUT2D eigenvalue weighted by Gasteiger charge is -2.18. The number of unbranched alkanes of at least 4 members (excludes halogenated alkanes) is 13. The van der Waals surface area contributed by atoms with Gasteiger partial charge in [0.1, 0.15) is 6.10 Å². The van der Waals surface area contributed by atoms with Crippen LogP contribution in [0.15, 0.2) is 48.6 Å². The predicted molar refractivity (Wildman–Crippen MR) is 176 cm³/mol. The summed E-state index contributed by atoms with van der Waals surface area (Å²) in [4.78, 5) is 23.0. The largest absolute Gasteiger partial charge is 0.481 e. The zero-order valence-corrected chi connectivity index (χ0v) is 26.8. The zero-order chi connectivity index (χ0) is 30.1. The molecule has 0 aliphatic rings. The average Bonchev–Trinajstić information content (AvgIpc) is 2.95. The number of allylic oxidation sites excluding steroid dienone is 8. The lowest BCUT2D eigenvalue weighted by atomic mass is 10.0. The van der Waals surface area contributed by atoms with Crippen molar-refractivity contribution in [2.75, 3.05) is 0 Å². The minimum atomic E-state index is -0.701. The molecule has 0 aromatic rings. The first-order valence-corrected chi connectivity index (χ1v) is 17.1. The molecule has 0 spiro atoms. The van der Waals surface area contributed by atoms with E-state index >= 15 is 0 Å². The fourth-order valence-electron chi connectivity index (χ4n) is 4.75. The Balaban J connectivity index is 3.85. The van der Waals surface area contributed by atoms with Crippen molar-refractivity contribution in [3.63, 3.8) is 0 Å². The van der Waals surface area contributed by atoms with Crippen LogP contribution in [0.4, 0.5) is 0 Å². The molecular weight excluding hydrogens is 508 g/mol. The molecule has 0 radical (unpaired) electrons. The first kappa shape index (κ1) is 38.9. The molecular formula is C37H64O4. The van der Waals surface area contributed by atoms with Gasteiger partial charge in [0.05, 0.1) is 0 Å². The van der Waals surface area contributed by atoms with Gasteiger partial charge in [-0.3, -0.25) is 9.59 Å². The molecule has 1 unspecified atom stereocenters. The van der Waals surface area contributed by atoms with Crippen LogP contribution in [0.25, 0.3) is 0 Å². The molecule has 4 heteroatoms. The summed E-state index contributed by atoms with van der Waals surface area (Å²) in [5.41, 5.74) is 0. The van der Waals surface area contributed by atoms with Crippen LogP contribution in [0.1, 0.15) is 168 Å². The Hall–Kier alpha value is -2.10. The zero-order valence-electron chi connectivity index (χ0n) is 26.8. The van der Waals surface area contributed by atoms with E-state index in [2.05, 4.69) is 62.5 Å². The maximum absolute atomic E-state index is 12.4. The van der Waals surface area contributed by atoms with Crippen LogP contribution >= 0.6 is 0 Å². The molecule has 236 valence electrons. The van der Waals surface area contributed by atoms with Gasteiger partial charge in [-0.05, 0) is 83.5 Å². The molecule has 0 aliphatic heterocycles. The van der Waals surface area contributed by atoms with Gasteiger partial charge < -0.3 is 9.84 Å². The van der Waals surface area contributed by atoms with E-state index in [0.29, 0.717) is 6.42 Å². The Morgan fingerprint density at radius 1 is 0.537 bits per heavy atom. The van der Waals surface area contributed by atoms with Crippen molar-refractivity contribution in [2.24, 2.45) is 0 Å². The SMILES string of the molecule is CCCCC/C=C\C/C=C\C/C=C\C/C=C\CCCCCC(=O)OC(CCCCC)CCCCCCCCC(=O)O. The van der Waals surface area contributed by atoms with Gasteiger partial charge in [-0.2, -0.15) is 0 Å². The summed E-state index contributed by atoms with van der Waals surface area (Å²) in [7, 11) is 0. The topological polar surface area (TPSA) is 63.6 Å². The fraction of sp³-hybridized carbons (Fsp3) is 0.730. The molecule has 0 saturated heterocycles. The molecule has 0 aromatic carbocycles. The van der Waals surface area contributed by atoms with Gasteiger partial charge in [0.2, 0.25) is 0 Å². The highest BCUT2D eigenvalue weighted by molar-refractivity contribution is 5.69. The van der Waals surface area contributed by atoms with E-state index in [1.807, 2.05) is 0 Å². The quantitative estimate of drug-likeness (QED) is 0.0528. The molecule has 4 nitrogen and oxygen atoms in total. The van der Waals surface area contributed by atoms with Crippen LogP contribution in [0.5, 0.6) is 0 Å². The van der Waals surface area contributed by atoms with Crippen LogP contribution in [0, 0.1) is 0 Å². The average molecular weight is 573 g/mol. The maximum atomic E-state index is 12.4. The van der Waals surface area contributed by atoms with Crippen molar-refractivity contribution < 1.29 is 19.4 Å². The maximum Gasteiger partial charge on any atom is 0.306 e. The monoisotopic (exact) mass is 572 g/mol. The second kappa shape index (κ2) is 32.4. The molecule has 1 atom stereocenters. The fourth-order valence-corrected chi connectivity index (χ4v) is 4.75. The first-order valence-electron chi connectivity index (χ1n) is 17.1. The van der Waals surface area contributed by atoms with Crippen LogP contribution in [0.2, 0.25) is 0 Å². The molecule has 0 fully saturated rings. The Bertz CT molecular complexity index is 704. The van der Waals surface area contributed by atoms with E-state index in [1.54, 1.807) is 0 Å². The first-order chi connectivity index (χ1) is 20.1. The van der Waals surface area contributed by atoms with Gasteiger partial charge in [-0.15, -0.1) is 0 Å². The summed E-state index contributed by atoms with van der Waals surface area (Å²) >= 11 is 0. The summed E-state index contributed by atoms with van der Waals surface area (Å²) in [5, 5.41) is 8.71. The molecule has 1 N–H and O–H groups in total. The van der Waals surface area contributed by atoms with E-state index in [1.165, 1.54) is 38.5 Å². The van der Waals surface area contributed by atoms with Crippen LogP contribution in [-0.2, 0) is 14.3 Å². The third kappa shape index (κ3) is 32.3. The summed E-state index contributed by atoms with van der Waals surface area (Å²) in [5.74, 6) is -0.730. The summed E-state index contributed by atoms with van der Waals surface area (Å²) in [6.45, 7) is 4.44. The number of carboxylic acid groups (broad SMARTS) is 1. The number of carbonyl (C=O) groups is 2. The molecule has 41 heavy (non-hydrogen) atoms. The predicted octanol–water partition coefficient (Wildman–Crippen LogP) is 11.6. The van der Waals surface area contributed by atoms with Crippen molar-refractivity contribution in [2.45, 2.75) is 174 Å². The van der Waals surface area contributed by atoms with Crippen molar-refractivity contribution in [3.05, 3.63) is 48.6 Å². The van der Waals surface area contributed by atoms with Crippen molar-refractivity contribution in [1.29, 1.82) is 0 Å². The molecule has 0 amide bonds. The normalized spacial score (nSPS) is 12.8. The van der Waals surface area contributed by atoms with Gasteiger partial charge in [0.15, 0.2) is 0 Å². The third-order valence-corrected chi connectivity index (χ3v) is 7.30. The highest BCUT2D eigenvalue weighted by atomic mass is 16.5. The van der Waals surface area contributed by atoms with Crippen molar-refractivity contribution in [3.8, 4) is 0 Å². The van der Waals surface area contributed by atoms with E-state index in [0.717, 1.165) is 103 Å². The number of carbonyl (C=O) groups excluding carboxylic acids is 1. The van der Waals surface area contributed by atoms with E-state index in [9.17, 15) is 9.59 Å².